The monoisotopic (exact) mass is 287 g/mol. The van der Waals surface area contributed by atoms with E-state index in [1.54, 1.807) is 7.05 Å². The quantitative estimate of drug-likeness (QED) is 0.894. The SMILES string of the molecule is CNC1(C(=O)O)CCC(Sc2cc(F)ccc2F)C1. The number of benzene rings is 1. The molecule has 1 aliphatic rings. The van der Waals surface area contributed by atoms with E-state index >= 15 is 0 Å². The van der Waals surface area contributed by atoms with E-state index in [9.17, 15) is 18.7 Å². The fourth-order valence-electron chi connectivity index (χ4n) is 2.38. The molecule has 1 aromatic carbocycles. The van der Waals surface area contributed by atoms with Crippen LogP contribution in [0.4, 0.5) is 8.78 Å². The fourth-order valence-corrected chi connectivity index (χ4v) is 3.70. The van der Waals surface area contributed by atoms with E-state index in [1.165, 1.54) is 11.8 Å². The number of likely N-dealkylation sites (N-methyl/N-ethyl adjacent to an activating group) is 1. The van der Waals surface area contributed by atoms with Gasteiger partial charge in [-0.3, -0.25) is 4.79 Å². The van der Waals surface area contributed by atoms with Crippen LogP contribution < -0.4 is 5.32 Å². The molecule has 104 valence electrons. The summed E-state index contributed by atoms with van der Waals surface area (Å²) in [7, 11) is 1.62. The maximum atomic E-state index is 13.5. The van der Waals surface area contributed by atoms with Gasteiger partial charge in [-0.25, -0.2) is 8.78 Å². The van der Waals surface area contributed by atoms with Gasteiger partial charge in [0.15, 0.2) is 0 Å². The molecule has 19 heavy (non-hydrogen) atoms. The predicted octanol–water partition coefficient (Wildman–Crippen LogP) is 2.65. The van der Waals surface area contributed by atoms with Gasteiger partial charge in [-0.05, 0) is 44.5 Å². The van der Waals surface area contributed by atoms with Gasteiger partial charge in [-0.15, -0.1) is 11.8 Å². The molecular weight excluding hydrogens is 272 g/mol. The Morgan fingerprint density at radius 1 is 1.53 bits per heavy atom. The first-order chi connectivity index (χ1) is 8.97. The molecule has 3 nitrogen and oxygen atoms in total. The molecule has 0 bridgehead atoms. The fraction of sp³-hybridized carbons (Fsp3) is 0.462. The zero-order valence-corrected chi connectivity index (χ0v) is 11.3. The van der Waals surface area contributed by atoms with E-state index in [-0.39, 0.29) is 10.1 Å². The van der Waals surface area contributed by atoms with Crippen LogP contribution in [-0.4, -0.2) is 28.9 Å². The summed E-state index contributed by atoms with van der Waals surface area (Å²) in [5.74, 6) is -1.85. The van der Waals surface area contributed by atoms with Crippen molar-refractivity contribution in [1.29, 1.82) is 0 Å². The number of halogens is 2. The number of aliphatic carboxylic acids is 1. The molecule has 2 atom stereocenters. The average Bonchev–Trinajstić information content (AvgIpc) is 2.79. The maximum Gasteiger partial charge on any atom is 0.323 e. The van der Waals surface area contributed by atoms with E-state index in [2.05, 4.69) is 5.32 Å². The van der Waals surface area contributed by atoms with Gasteiger partial charge in [-0.1, -0.05) is 0 Å². The Hall–Kier alpha value is -1.14. The van der Waals surface area contributed by atoms with Crippen LogP contribution in [0.25, 0.3) is 0 Å². The number of carboxylic acid groups (broad SMARTS) is 1. The molecule has 1 aliphatic carbocycles. The lowest BCUT2D eigenvalue weighted by molar-refractivity contribution is -0.144. The van der Waals surface area contributed by atoms with Crippen molar-refractivity contribution < 1.29 is 18.7 Å². The van der Waals surface area contributed by atoms with Crippen molar-refractivity contribution in [2.75, 3.05) is 7.05 Å². The first-order valence-corrected chi connectivity index (χ1v) is 6.89. The van der Waals surface area contributed by atoms with Gasteiger partial charge in [0.1, 0.15) is 17.2 Å². The molecule has 0 amide bonds. The molecule has 0 saturated heterocycles. The third-order valence-electron chi connectivity index (χ3n) is 3.54. The molecule has 1 aromatic rings. The smallest absolute Gasteiger partial charge is 0.323 e. The highest BCUT2D eigenvalue weighted by Gasteiger charge is 2.44. The molecule has 6 heteroatoms. The van der Waals surface area contributed by atoms with E-state index in [0.29, 0.717) is 19.3 Å². The molecule has 0 heterocycles. The topological polar surface area (TPSA) is 49.3 Å². The van der Waals surface area contributed by atoms with Crippen LogP contribution in [0.5, 0.6) is 0 Å². The number of hydrogen-bond donors (Lipinski definition) is 2. The summed E-state index contributed by atoms with van der Waals surface area (Å²) in [5, 5.41) is 12.1. The molecule has 0 spiro atoms. The molecular formula is C13H15F2NO2S. The van der Waals surface area contributed by atoms with Crippen molar-refractivity contribution in [3.8, 4) is 0 Å². The average molecular weight is 287 g/mol. The highest BCUT2D eigenvalue weighted by molar-refractivity contribution is 8.00. The second kappa shape index (κ2) is 5.46. The molecule has 1 saturated carbocycles. The third-order valence-corrected chi connectivity index (χ3v) is 4.85. The Kier molecular flexibility index (Phi) is 4.10. The lowest BCUT2D eigenvalue weighted by Gasteiger charge is -2.23. The number of carbonyl (C=O) groups is 1. The summed E-state index contributed by atoms with van der Waals surface area (Å²) in [5.41, 5.74) is -0.943. The van der Waals surface area contributed by atoms with Crippen molar-refractivity contribution in [3.63, 3.8) is 0 Å². The maximum absolute atomic E-state index is 13.5. The summed E-state index contributed by atoms with van der Waals surface area (Å²) in [6, 6.07) is 3.32. The first-order valence-electron chi connectivity index (χ1n) is 6.01. The van der Waals surface area contributed by atoms with Crippen LogP contribution >= 0.6 is 11.8 Å². The summed E-state index contributed by atoms with van der Waals surface area (Å²) in [6.45, 7) is 0. The van der Waals surface area contributed by atoms with Gasteiger partial charge in [0.25, 0.3) is 0 Å². The van der Waals surface area contributed by atoms with Gasteiger partial charge < -0.3 is 10.4 Å². The Labute approximate surface area is 114 Å². The number of hydrogen-bond acceptors (Lipinski definition) is 3. The summed E-state index contributed by atoms with van der Waals surface area (Å²) in [4.78, 5) is 11.5. The molecule has 1 fully saturated rings. The number of thioether (sulfide) groups is 1. The van der Waals surface area contributed by atoms with Crippen molar-refractivity contribution in [2.45, 2.75) is 34.9 Å². The summed E-state index contributed by atoms with van der Waals surface area (Å²) in [6.07, 6.45) is 1.56. The van der Waals surface area contributed by atoms with Gasteiger partial charge >= 0.3 is 5.97 Å². The zero-order valence-electron chi connectivity index (χ0n) is 10.5. The standard InChI is InChI=1S/C13H15F2NO2S/c1-16-13(12(17)18)5-4-9(7-13)19-11-6-8(14)2-3-10(11)15/h2-3,6,9,16H,4-5,7H2,1H3,(H,17,18). The largest absolute Gasteiger partial charge is 0.480 e. The number of carboxylic acids is 1. The van der Waals surface area contributed by atoms with Crippen LogP contribution in [-0.2, 0) is 4.79 Å². The molecule has 2 N–H and O–H groups in total. The van der Waals surface area contributed by atoms with E-state index in [4.69, 9.17) is 0 Å². The molecule has 2 rings (SSSR count). The summed E-state index contributed by atoms with van der Waals surface area (Å²) < 4.78 is 26.6. The number of rotatable bonds is 4. The minimum atomic E-state index is -0.943. The lowest BCUT2D eigenvalue weighted by atomic mass is 9.99. The minimum absolute atomic E-state index is 0.0279. The Morgan fingerprint density at radius 3 is 2.84 bits per heavy atom. The van der Waals surface area contributed by atoms with Crippen LogP contribution in [0.1, 0.15) is 19.3 Å². The van der Waals surface area contributed by atoms with E-state index < -0.39 is 23.1 Å². The van der Waals surface area contributed by atoms with Crippen LogP contribution in [0.15, 0.2) is 23.1 Å². The predicted molar refractivity (Wildman–Crippen MR) is 69.3 cm³/mol. The Morgan fingerprint density at radius 2 is 2.26 bits per heavy atom. The van der Waals surface area contributed by atoms with Gasteiger partial charge in [0.2, 0.25) is 0 Å². The first kappa shape index (κ1) is 14.3. The van der Waals surface area contributed by atoms with E-state index in [0.717, 1.165) is 18.2 Å². The van der Waals surface area contributed by atoms with Gasteiger partial charge in [0.05, 0.1) is 0 Å². The molecule has 0 radical (unpaired) electrons. The van der Waals surface area contributed by atoms with Crippen LogP contribution in [0.2, 0.25) is 0 Å². The second-order valence-electron chi connectivity index (χ2n) is 4.69. The molecule has 2 unspecified atom stereocenters. The highest BCUT2D eigenvalue weighted by atomic mass is 32.2. The zero-order chi connectivity index (χ0) is 14.0. The highest BCUT2D eigenvalue weighted by Crippen LogP contribution is 2.41. The minimum Gasteiger partial charge on any atom is -0.480 e. The Bertz CT molecular complexity index is 498. The van der Waals surface area contributed by atoms with Crippen molar-refractivity contribution in [3.05, 3.63) is 29.8 Å². The van der Waals surface area contributed by atoms with Crippen LogP contribution in [0, 0.1) is 11.6 Å². The van der Waals surface area contributed by atoms with Crippen molar-refractivity contribution in [1.82, 2.24) is 5.32 Å². The Balaban J connectivity index is 2.10. The van der Waals surface area contributed by atoms with Gasteiger partial charge in [-0.2, -0.15) is 0 Å². The third kappa shape index (κ3) is 2.90. The molecule has 0 aromatic heterocycles. The van der Waals surface area contributed by atoms with Crippen LogP contribution in [0.3, 0.4) is 0 Å². The normalized spacial score (nSPS) is 26.6. The van der Waals surface area contributed by atoms with Crippen molar-refractivity contribution in [2.24, 2.45) is 0 Å². The summed E-state index contributed by atoms with van der Waals surface area (Å²) >= 11 is 1.21. The van der Waals surface area contributed by atoms with E-state index in [1.807, 2.05) is 0 Å². The number of nitrogens with one attached hydrogen (secondary N) is 1. The molecule has 0 aliphatic heterocycles. The van der Waals surface area contributed by atoms with Gasteiger partial charge in [0, 0.05) is 10.1 Å². The lowest BCUT2D eigenvalue weighted by Crippen LogP contribution is -2.48. The van der Waals surface area contributed by atoms with Crippen molar-refractivity contribution >= 4 is 17.7 Å². The second-order valence-corrected chi connectivity index (χ2v) is 6.04.